The molecule has 3 rings (SSSR count). The first kappa shape index (κ1) is 12.9. The van der Waals surface area contributed by atoms with Gasteiger partial charge in [0.15, 0.2) is 0 Å². The van der Waals surface area contributed by atoms with Crippen LogP contribution in [0.3, 0.4) is 0 Å². The first-order valence-corrected chi connectivity index (χ1v) is 6.77. The van der Waals surface area contributed by atoms with Gasteiger partial charge in [-0.05, 0) is 42.7 Å². The van der Waals surface area contributed by atoms with Crippen molar-refractivity contribution in [2.75, 3.05) is 6.54 Å². The van der Waals surface area contributed by atoms with Crippen LogP contribution in [0.25, 0.3) is 0 Å². The maximum absolute atomic E-state index is 12.4. The number of hydrogen-bond donors (Lipinski definition) is 2. The van der Waals surface area contributed by atoms with Crippen LogP contribution in [0.15, 0.2) is 42.9 Å². The van der Waals surface area contributed by atoms with Crippen LogP contribution in [0.5, 0.6) is 0 Å². The van der Waals surface area contributed by atoms with Crippen molar-refractivity contribution < 1.29 is 9.90 Å². The smallest absolute Gasteiger partial charge is 0.270 e. The quantitative estimate of drug-likeness (QED) is 0.882. The number of aliphatic hydroxyl groups excluding tert-OH is 1. The van der Waals surface area contributed by atoms with Gasteiger partial charge in [0.2, 0.25) is 0 Å². The molecule has 2 N–H and O–H groups in total. The molecule has 104 valence electrons. The van der Waals surface area contributed by atoms with Crippen LogP contribution >= 0.6 is 0 Å². The van der Waals surface area contributed by atoms with Gasteiger partial charge in [-0.25, -0.2) is 0 Å². The highest BCUT2D eigenvalue weighted by molar-refractivity contribution is 5.92. The number of hydrogen-bond acceptors (Lipinski definition) is 3. The van der Waals surface area contributed by atoms with Gasteiger partial charge < -0.3 is 15.0 Å². The van der Waals surface area contributed by atoms with E-state index in [0.717, 1.165) is 5.56 Å². The third-order valence-corrected chi connectivity index (χ3v) is 3.79. The molecule has 20 heavy (non-hydrogen) atoms. The molecular weight excluding hydrogens is 254 g/mol. The second-order valence-corrected chi connectivity index (χ2v) is 5.07. The lowest BCUT2D eigenvalue weighted by Crippen LogP contribution is -2.41. The zero-order chi connectivity index (χ0) is 13.9. The fourth-order valence-corrected chi connectivity index (χ4v) is 2.71. The topological polar surface area (TPSA) is 69.2 Å². The molecule has 2 atom stereocenters. The molecule has 1 aliphatic rings. The summed E-state index contributed by atoms with van der Waals surface area (Å²) in [4.78, 5) is 21.1. The summed E-state index contributed by atoms with van der Waals surface area (Å²) >= 11 is 0. The first-order valence-electron chi connectivity index (χ1n) is 6.77. The summed E-state index contributed by atoms with van der Waals surface area (Å²) in [6.45, 7) is 0.592. The van der Waals surface area contributed by atoms with E-state index >= 15 is 0 Å². The van der Waals surface area contributed by atoms with Crippen molar-refractivity contribution in [3.8, 4) is 0 Å². The fourth-order valence-electron chi connectivity index (χ4n) is 2.71. The molecule has 1 fully saturated rings. The predicted molar refractivity (Wildman–Crippen MR) is 74.2 cm³/mol. The Morgan fingerprint density at radius 3 is 2.90 bits per heavy atom. The van der Waals surface area contributed by atoms with E-state index in [0.29, 0.717) is 25.1 Å². The maximum atomic E-state index is 12.4. The van der Waals surface area contributed by atoms with Gasteiger partial charge in [-0.1, -0.05) is 0 Å². The Kier molecular flexibility index (Phi) is 3.52. The lowest BCUT2D eigenvalue weighted by atomic mass is 10.0. The lowest BCUT2D eigenvalue weighted by molar-refractivity contribution is 0.0635. The van der Waals surface area contributed by atoms with Crippen LogP contribution in [-0.2, 0) is 6.42 Å². The van der Waals surface area contributed by atoms with E-state index in [-0.39, 0.29) is 11.9 Å². The number of H-pyrrole nitrogens is 1. The van der Waals surface area contributed by atoms with Crippen molar-refractivity contribution in [1.29, 1.82) is 0 Å². The van der Waals surface area contributed by atoms with E-state index in [2.05, 4.69) is 9.97 Å². The summed E-state index contributed by atoms with van der Waals surface area (Å²) in [5.41, 5.74) is 1.65. The standard InChI is InChI=1S/C15H17N3O2/c19-14-5-9-18(15(20)12-2-1-6-17-12)13(14)10-11-3-7-16-8-4-11/h1-4,6-8,13-14,17,19H,5,9-10H2/t13-,14-/m1/s1. The number of pyridine rings is 1. The maximum Gasteiger partial charge on any atom is 0.270 e. The van der Waals surface area contributed by atoms with E-state index in [1.807, 2.05) is 12.1 Å². The van der Waals surface area contributed by atoms with Gasteiger partial charge >= 0.3 is 0 Å². The van der Waals surface area contributed by atoms with Gasteiger partial charge in [0.25, 0.3) is 5.91 Å². The average molecular weight is 271 g/mol. The second kappa shape index (κ2) is 5.46. The van der Waals surface area contributed by atoms with Crippen LogP contribution in [0.2, 0.25) is 0 Å². The molecule has 0 aliphatic carbocycles. The molecule has 3 heterocycles. The van der Waals surface area contributed by atoms with Gasteiger partial charge in [0, 0.05) is 25.1 Å². The van der Waals surface area contributed by atoms with Gasteiger partial charge in [-0.2, -0.15) is 0 Å². The summed E-state index contributed by atoms with van der Waals surface area (Å²) in [5.74, 6) is -0.0504. The first-order chi connectivity index (χ1) is 9.75. The number of carbonyl (C=O) groups excluding carboxylic acids is 1. The number of aromatic amines is 1. The molecule has 1 aliphatic heterocycles. The number of likely N-dealkylation sites (tertiary alicyclic amines) is 1. The zero-order valence-corrected chi connectivity index (χ0v) is 11.1. The van der Waals surface area contributed by atoms with E-state index in [1.54, 1.807) is 35.6 Å². The summed E-state index contributed by atoms with van der Waals surface area (Å²) in [7, 11) is 0. The monoisotopic (exact) mass is 271 g/mol. The highest BCUT2D eigenvalue weighted by atomic mass is 16.3. The van der Waals surface area contributed by atoms with Crippen molar-refractivity contribution in [2.45, 2.75) is 25.0 Å². The summed E-state index contributed by atoms with van der Waals surface area (Å²) in [6.07, 6.45) is 6.00. The molecule has 2 aromatic rings. The number of carbonyl (C=O) groups is 1. The van der Waals surface area contributed by atoms with Crippen LogP contribution in [0.4, 0.5) is 0 Å². The van der Waals surface area contributed by atoms with E-state index in [4.69, 9.17) is 0 Å². The average Bonchev–Trinajstić information content (AvgIpc) is 3.11. The molecule has 0 aromatic carbocycles. The Labute approximate surface area is 117 Å². The minimum atomic E-state index is -0.470. The van der Waals surface area contributed by atoms with Crippen LogP contribution < -0.4 is 0 Å². The number of aliphatic hydroxyl groups is 1. The summed E-state index contributed by atoms with van der Waals surface area (Å²) in [6, 6.07) is 7.23. The van der Waals surface area contributed by atoms with Crippen molar-refractivity contribution >= 4 is 5.91 Å². The van der Waals surface area contributed by atoms with E-state index < -0.39 is 6.10 Å². The number of rotatable bonds is 3. The zero-order valence-electron chi connectivity index (χ0n) is 11.1. The van der Waals surface area contributed by atoms with Crippen molar-refractivity contribution in [2.24, 2.45) is 0 Å². The van der Waals surface area contributed by atoms with Crippen LogP contribution in [-0.4, -0.2) is 44.6 Å². The minimum Gasteiger partial charge on any atom is -0.391 e. The highest BCUT2D eigenvalue weighted by Gasteiger charge is 2.36. The molecule has 0 radical (unpaired) electrons. The van der Waals surface area contributed by atoms with Crippen molar-refractivity contribution in [1.82, 2.24) is 14.9 Å². The lowest BCUT2D eigenvalue weighted by Gasteiger charge is -2.26. The SMILES string of the molecule is O=C(c1ccc[nH]1)N1CC[C@@H](O)[C@H]1Cc1ccncc1. The molecule has 0 saturated carbocycles. The van der Waals surface area contributed by atoms with E-state index in [1.165, 1.54) is 0 Å². The van der Waals surface area contributed by atoms with Crippen LogP contribution in [0, 0.1) is 0 Å². The Bertz CT molecular complexity index is 568. The highest BCUT2D eigenvalue weighted by Crippen LogP contribution is 2.23. The Hall–Kier alpha value is -2.14. The molecule has 0 spiro atoms. The van der Waals surface area contributed by atoms with Gasteiger partial charge in [-0.3, -0.25) is 9.78 Å². The minimum absolute atomic E-state index is 0.0504. The third-order valence-electron chi connectivity index (χ3n) is 3.79. The molecular formula is C15H17N3O2. The third kappa shape index (κ3) is 2.44. The van der Waals surface area contributed by atoms with Crippen molar-refractivity contribution in [3.05, 3.63) is 54.1 Å². The fraction of sp³-hybridized carbons (Fsp3) is 0.333. The molecule has 5 heteroatoms. The van der Waals surface area contributed by atoms with Gasteiger partial charge in [-0.15, -0.1) is 0 Å². The Morgan fingerprint density at radius 2 is 2.20 bits per heavy atom. The second-order valence-electron chi connectivity index (χ2n) is 5.07. The number of nitrogens with zero attached hydrogens (tertiary/aromatic N) is 2. The molecule has 1 amide bonds. The summed E-state index contributed by atoms with van der Waals surface area (Å²) in [5, 5.41) is 10.1. The van der Waals surface area contributed by atoms with E-state index in [9.17, 15) is 9.90 Å². The molecule has 2 aromatic heterocycles. The Morgan fingerprint density at radius 1 is 1.40 bits per heavy atom. The molecule has 0 unspecified atom stereocenters. The molecule has 5 nitrogen and oxygen atoms in total. The van der Waals surface area contributed by atoms with Gasteiger partial charge in [0.1, 0.15) is 5.69 Å². The molecule has 1 saturated heterocycles. The normalized spacial score (nSPS) is 22.1. The Balaban J connectivity index is 1.78. The number of amides is 1. The largest absolute Gasteiger partial charge is 0.391 e. The molecule has 0 bridgehead atoms. The van der Waals surface area contributed by atoms with Gasteiger partial charge in [0.05, 0.1) is 12.1 Å². The van der Waals surface area contributed by atoms with Crippen molar-refractivity contribution in [3.63, 3.8) is 0 Å². The number of aromatic nitrogens is 2. The number of nitrogens with one attached hydrogen (secondary N) is 1. The van der Waals surface area contributed by atoms with Crippen LogP contribution in [0.1, 0.15) is 22.5 Å². The summed E-state index contributed by atoms with van der Waals surface area (Å²) < 4.78 is 0. The predicted octanol–water partition coefficient (Wildman–Crippen LogP) is 1.23.